The third-order valence-electron chi connectivity index (χ3n) is 4.07. The molecule has 0 saturated carbocycles. The second-order valence-corrected chi connectivity index (χ2v) is 6.07. The molecule has 116 valence electrons. The fourth-order valence-corrected chi connectivity index (χ4v) is 2.94. The van der Waals surface area contributed by atoms with Gasteiger partial charge in [0, 0.05) is 24.0 Å². The van der Waals surface area contributed by atoms with Crippen LogP contribution in [-0.4, -0.2) is 34.6 Å². The van der Waals surface area contributed by atoms with E-state index in [9.17, 15) is 0 Å². The van der Waals surface area contributed by atoms with Gasteiger partial charge in [0.15, 0.2) is 0 Å². The molecule has 5 heteroatoms. The van der Waals surface area contributed by atoms with Gasteiger partial charge in [-0.1, -0.05) is 29.8 Å². The van der Waals surface area contributed by atoms with Crippen LogP contribution < -0.4 is 4.74 Å². The van der Waals surface area contributed by atoms with Crippen LogP contribution in [0, 0.1) is 5.92 Å². The van der Waals surface area contributed by atoms with E-state index in [0.29, 0.717) is 11.8 Å². The van der Waals surface area contributed by atoms with Gasteiger partial charge in [-0.15, -0.1) is 0 Å². The number of hydrogen-bond donors (Lipinski definition) is 0. The van der Waals surface area contributed by atoms with Crippen molar-refractivity contribution >= 4 is 11.6 Å². The van der Waals surface area contributed by atoms with Crippen molar-refractivity contribution in [1.29, 1.82) is 0 Å². The van der Waals surface area contributed by atoms with Crippen molar-refractivity contribution in [3.05, 3.63) is 53.4 Å². The van der Waals surface area contributed by atoms with E-state index >= 15 is 0 Å². The number of nitrogens with zero attached hydrogens (tertiary/aromatic N) is 3. The van der Waals surface area contributed by atoms with Crippen molar-refractivity contribution in [1.82, 2.24) is 14.9 Å². The highest BCUT2D eigenvalue weighted by Crippen LogP contribution is 2.22. The van der Waals surface area contributed by atoms with Gasteiger partial charge in [-0.25, -0.2) is 4.98 Å². The highest BCUT2D eigenvalue weighted by atomic mass is 35.5. The minimum atomic E-state index is 0.588. The van der Waals surface area contributed by atoms with Crippen LogP contribution in [0.1, 0.15) is 18.4 Å². The van der Waals surface area contributed by atoms with Gasteiger partial charge < -0.3 is 4.74 Å². The molecule has 3 rings (SSSR count). The van der Waals surface area contributed by atoms with Crippen molar-refractivity contribution in [2.45, 2.75) is 19.4 Å². The van der Waals surface area contributed by atoms with Gasteiger partial charge in [-0.3, -0.25) is 9.88 Å². The molecule has 4 nitrogen and oxygen atoms in total. The van der Waals surface area contributed by atoms with E-state index in [4.69, 9.17) is 16.3 Å². The van der Waals surface area contributed by atoms with E-state index in [-0.39, 0.29) is 0 Å². The van der Waals surface area contributed by atoms with E-state index in [2.05, 4.69) is 20.9 Å². The largest absolute Gasteiger partial charge is 0.476 e. The van der Waals surface area contributed by atoms with Crippen LogP contribution in [0.5, 0.6) is 5.88 Å². The number of likely N-dealkylation sites (tertiary alicyclic amines) is 1. The fraction of sp³-hybridized carbons (Fsp3) is 0.412. The molecule has 1 aliphatic rings. The minimum absolute atomic E-state index is 0.588. The molecule has 0 aliphatic carbocycles. The summed E-state index contributed by atoms with van der Waals surface area (Å²) in [5.41, 5.74) is 1.21. The number of hydrogen-bond acceptors (Lipinski definition) is 4. The van der Waals surface area contributed by atoms with Gasteiger partial charge in [0.2, 0.25) is 5.88 Å². The first-order chi connectivity index (χ1) is 10.8. The van der Waals surface area contributed by atoms with Gasteiger partial charge in [0.05, 0.1) is 12.8 Å². The van der Waals surface area contributed by atoms with Crippen molar-refractivity contribution in [2.75, 3.05) is 19.7 Å². The number of piperidine rings is 1. The molecule has 0 N–H and O–H groups in total. The molecular weight excluding hydrogens is 298 g/mol. The monoisotopic (exact) mass is 317 g/mol. The van der Waals surface area contributed by atoms with Crippen LogP contribution in [-0.2, 0) is 6.54 Å². The molecule has 0 bridgehead atoms. The summed E-state index contributed by atoms with van der Waals surface area (Å²) in [6, 6.07) is 8.08. The number of rotatable bonds is 5. The fourth-order valence-electron chi connectivity index (χ4n) is 2.74. The normalized spacial score (nSPS) is 16.6. The predicted octanol–water partition coefficient (Wildman–Crippen LogP) is 3.42. The summed E-state index contributed by atoms with van der Waals surface area (Å²) in [6.07, 6.45) is 7.25. The van der Waals surface area contributed by atoms with E-state index in [0.717, 1.165) is 44.1 Å². The highest BCUT2D eigenvalue weighted by molar-refractivity contribution is 6.31. The molecule has 22 heavy (non-hydrogen) atoms. The highest BCUT2D eigenvalue weighted by Gasteiger charge is 2.20. The van der Waals surface area contributed by atoms with E-state index < -0.39 is 0 Å². The summed E-state index contributed by atoms with van der Waals surface area (Å²) in [4.78, 5) is 10.6. The Morgan fingerprint density at radius 2 is 2.00 bits per heavy atom. The summed E-state index contributed by atoms with van der Waals surface area (Å²) >= 11 is 6.23. The third-order valence-corrected chi connectivity index (χ3v) is 4.43. The van der Waals surface area contributed by atoms with Crippen LogP contribution in [0.15, 0.2) is 42.9 Å². The molecule has 0 unspecified atom stereocenters. The van der Waals surface area contributed by atoms with Crippen LogP contribution in [0.3, 0.4) is 0 Å². The summed E-state index contributed by atoms with van der Waals surface area (Å²) in [5.74, 6) is 1.20. The lowest BCUT2D eigenvalue weighted by Gasteiger charge is -2.31. The molecular formula is C17H20ClN3O. The third kappa shape index (κ3) is 4.18. The van der Waals surface area contributed by atoms with E-state index in [1.54, 1.807) is 18.6 Å². The average molecular weight is 318 g/mol. The molecule has 1 aromatic heterocycles. The zero-order valence-electron chi connectivity index (χ0n) is 12.5. The lowest BCUT2D eigenvalue weighted by molar-refractivity contribution is 0.134. The van der Waals surface area contributed by atoms with Crippen molar-refractivity contribution in [3.63, 3.8) is 0 Å². The van der Waals surface area contributed by atoms with Gasteiger partial charge in [-0.05, 0) is 43.5 Å². The molecule has 1 fully saturated rings. The lowest BCUT2D eigenvalue weighted by atomic mass is 9.97. The Hall–Kier alpha value is -1.65. The zero-order valence-corrected chi connectivity index (χ0v) is 13.2. The molecule has 0 radical (unpaired) electrons. The first-order valence-corrected chi connectivity index (χ1v) is 8.03. The van der Waals surface area contributed by atoms with E-state index in [1.807, 2.05) is 18.2 Å². The summed E-state index contributed by atoms with van der Waals surface area (Å²) in [5, 5.41) is 0.857. The number of benzene rings is 1. The Morgan fingerprint density at radius 3 is 2.73 bits per heavy atom. The Morgan fingerprint density at radius 1 is 1.18 bits per heavy atom. The molecule has 0 atom stereocenters. The number of ether oxygens (including phenoxy) is 1. The maximum absolute atomic E-state index is 6.23. The standard InChI is InChI=1S/C17H20ClN3O/c18-16-4-2-1-3-15(16)12-21-9-5-14(6-10-21)13-22-17-11-19-7-8-20-17/h1-4,7-8,11,14H,5-6,9-10,12-13H2. The number of halogens is 1. The number of aromatic nitrogens is 2. The molecule has 2 heterocycles. The second kappa shape index (κ2) is 7.56. The molecule has 0 spiro atoms. The van der Waals surface area contributed by atoms with Gasteiger partial charge in [0.1, 0.15) is 0 Å². The summed E-state index contributed by atoms with van der Waals surface area (Å²) in [6.45, 7) is 3.81. The SMILES string of the molecule is Clc1ccccc1CN1CCC(COc2cnccn2)CC1. The maximum Gasteiger partial charge on any atom is 0.232 e. The molecule has 1 aliphatic heterocycles. The van der Waals surface area contributed by atoms with Crippen LogP contribution in [0.2, 0.25) is 5.02 Å². The minimum Gasteiger partial charge on any atom is -0.476 e. The summed E-state index contributed by atoms with van der Waals surface area (Å²) < 4.78 is 5.70. The lowest BCUT2D eigenvalue weighted by Crippen LogP contribution is -2.35. The topological polar surface area (TPSA) is 38.2 Å². The second-order valence-electron chi connectivity index (χ2n) is 5.67. The Balaban J connectivity index is 1.44. The van der Waals surface area contributed by atoms with Gasteiger partial charge >= 0.3 is 0 Å². The Bertz CT molecular complexity index is 585. The Labute approximate surface area is 136 Å². The first-order valence-electron chi connectivity index (χ1n) is 7.66. The smallest absolute Gasteiger partial charge is 0.232 e. The van der Waals surface area contributed by atoms with Crippen molar-refractivity contribution < 1.29 is 4.74 Å². The van der Waals surface area contributed by atoms with Gasteiger partial charge in [0.25, 0.3) is 0 Å². The molecule has 1 saturated heterocycles. The maximum atomic E-state index is 6.23. The van der Waals surface area contributed by atoms with E-state index in [1.165, 1.54) is 5.56 Å². The molecule has 1 aromatic carbocycles. The predicted molar refractivity (Wildman–Crippen MR) is 87.0 cm³/mol. The van der Waals surface area contributed by atoms with Crippen molar-refractivity contribution in [2.24, 2.45) is 5.92 Å². The average Bonchev–Trinajstić information content (AvgIpc) is 2.57. The zero-order chi connectivity index (χ0) is 15.2. The van der Waals surface area contributed by atoms with Crippen molar-refractivity contribution in [3.8, 4) is 5.88 Å². The van der Waals surface area contributed by atoms with Gasteiger partial charge in [-0.2, -0.15) is 0 Å². The van der Waals surface area contributed by atoms with Crippen LogP contribution in [0.25, 0.3) is 0 Å². The first kappa shape index (κ1) is 15.3. The molecule has 2 aromatic rings. The molecule has 0 amide bonds. The quantitative estimate of drug-likeness (QED) is 0.847. The summed E-state index contributed by atoms with van der Waals surface area (Å²) in [7, 11) is 0. The van der Waals surface area contributed by atoms with Crippen LogP contribution >= 0.6 is 11.6 Å². The Kier molecular flexibility index (Phi) is 5.24. The van der Waals surface area contributed by atoms with Crippen LogP contribution in [0.4, 0.5) is 0 Å².